The third-order valence-corrected chi connectivity index (χ3v) is 1.95. The van der Waals surface area contributed by atoms with Crippen molar-refractivity contribution >= 4 is 11.6 Å². The lowest BCUT2D eigenvalue weighted by atomic mass is 10.4. The summed E-state index contributed by atoms with van der Waals surface area (Å²) in [4.78, 5) is 19.2. The van der Waals surface area contributed by atoms with Crippen LogP contribution in [0.1, 0.15) is 5.69 Å². The number of carbonyl (C=O) groups is 1. The molecule has 0 saturated carbocycles. The van der Waals surface area contributed by atoms with Gasteiger partial charge in [-0.2, -0.15) is 0 Å². The molecule has 8 nitrogen and oxygen atoms in total. The summed E-state index contributed by atoms with van der Waals surface area (Å²) in [5.41, 5.74) is 6.56. The van der Waals surface area contributed by atoms with E-state index in [0.717, 1.165) is 0 Å². The summed E-state index contributed by atoms with van der Waals surface area (Å²) in [5.74, 6) is -0.228. The molecule has 2 heterocycles. The molecule has 0 aliphatic carbocycles. The van der Waals surface area contributed by atoms with Crippen LogP contribution in [0.3, 0.4) is 0 Å². The van der Waals surface area contributed by atoms with Crippen molar-refractivity contribution in [3.05, 3.63) is 30.6 Å². The van der Waals surface area contributed by atoms with E-state index < -0.39 is 0 Å². The highest BCUT2D eigenvalue weighted by Gasteiger charge is 2.05. The minimum absolute atomic E-state index is 0.0713. The SMILES string of the molecule is NCc1cn(CC(=O)Nc2cncnc2)nn1. The zero-order valence-electron chi connectivity index (χ0n) is 8.95. The van der Waals surface area contributed by atoms with Gasteiger partial charge in [-0.15, -0.1) is 5.10 Å². The van der Waals surface area contributed by atoms with E-state index in [2.05, 4.69) is 25.6 Å². The van der Waals surface area contributed by atoms with E-state index >= 15 is 0 Å². The maximum atomic E-state index is 11.6. The number of hydrogen-bond acceptors (Lipinski definition) is 6. The van der Waals surface area contributed by atoms with E-state index in [1.54, 1.807) is 6.20 Å². The number of aromatic nitrogens is 5. The molecule has 17 heavy (non-hydrogen) atoms. The average Bonchev–Trinajstić information content (AvgIpc) is 2.78. The second-order valence-corrected chi connectivity index (χ2v) is 3.29. The molecule has 3 N–H and O–H groups in total. The van der Waals surface area contributed by atoms with Gasteiger partial charge in [-0.1, -0.05) is 5.21 Å². The Morgan fingerprint density at radius 1 is 1.41 bits per heavy atom. The van der Waals surface area contributed by atoms with E-state index in [9.17, 15) is 4.79 Å². The summed E-state index contributed by atoms with van der Waals surface area (Å²) in [5, 5.41) is 10.2. The van der Waals surface area contributed by atoms with Crippen LogP contribution in [0.15, 0.2) is 24.9 Å². The van der Waals surface area contributed by atoms with Gasteiger partial charge in [-0.3, -0.25) is 4.79 Å². The van der Waals surface area contributed by atoms with Crippen LogP contribution in [0.2, 0.25) is 0 Å². The zero-order chi connectivity index (χ0) is 12.1. The summed E-state index contributed by atoms with van der Waals surface area (Å²) in [6, 6.07) is 0. The Morgan fingerprint density at radius 2 is 2.18 bits per heavy atom. The molecule has 0 spiro atoms. The fourth-order valence-corrected chi connectivity index (χ4v) is 1.22. The van der Waals surface area contributed by atoms with Crippen LogP contribution in [-0.4, -0.2) is 30.9 Å². The maximum absolute atomic E-state index is 11.6. The number of hydrogen-bond donors (Lipinski definition) is 2. The first-order valence-electron chi connectivity index (χ1n) is 4.92. The molecule has 2 aromatic rings. The molecule has 88 valence electrons. The molecule has 0 unspecified atom stereocenters. The highest BCUT2D eigenvalue weighted by molar-refractivity contribution is 5.90. The minimum Gasteiger partial charge on any atom is -0.325 e. The summed E-state index contributed by atoms with van der Waals surface area (Å²) in [6.07, 6.45) is 6.04. The Hall–Kier alpha value is -2.35. The molecule has 2 aromatic heterocycles. The van der Waals surface area contributed by atoms with Crippen LogP contribution in [0.25, 0.3) is 0 Å². The molecule has 1 amide bonds. The quantitative estimate of drug-likeness (QED) is 0.712. The second-order valence-electron chi connectivity index (χ2n) is 3.29. The van der Waals surface area contributed by atoms with E-state index in [4.69, 9.17) is 5.73 Å². The number of amides is 1. The third-order valence-electron chi connectivity index (χ3n) is 1.95. The van der Waals surface area contributed by atoms with Gasteiger partial charge >= 0.3 is 0 Å². The van der Waals surface area contributed by atoms with Gasteiger partial charge in [0.1, 0.15) is 12.9 Å². The topological polar surface area (TPSA) is 112 Å². The lowest BCUT2D eigenvalue weighted by Gasteiger charge is -2.03. The molecular weight excluding hydrogens is 222 g/mol. The maximum Gasteiger partial charge on any atom is 0.246 e. The standard InChI is InChI=1S/C9H11N7O/c10-1-7-4-16(15-14-7)5-9(17)13-8-2-11-6-12-3-8/h2-4,6H,1,5,10H2,(H,13,17). The lowest BCUT2D eigenvalue weighted by Crippen LogP contribution is -2.19. The summed E-state index contributed by atoms with van der Waals surface area (Å²) in [7, 11) is 0. The normalized spacial score (nSPS) is 10.2. The van der Waals surface area contributed by atoms with Gasteiger partial charge in [0.05, 0.1) is 30.0 Å². The molecule has 0 saturated heterocycles. The third kappa shape index (κ3) is 3.05. The average molecular weight is 233 g/mol. The van der Waals surface area contributed by atoms with Crippen molar-refractivity contribution in [3.8, 4) is 0 Å². The highest BCUT2D eigenvalue weighted by Crippen LogP contribution is 2.00. The number of nitrogens with zero attached hydrogens (tertiary/aromatic N) is 5. The molecule has 0 bridgehead atoms. The molecule has 0 aliphatic rings. The monoisotopic (exact) mass is 233 g/mol. The first-order chi connectivity index (χ1) is 8.28. The zero-order valence-corrected chi connectivity index (χ0v) is 8.95. The van der Waals surface area contributed by atoms with Gasteiger partial charge in [-0.25, -0.2) is 14.6 Å². The number of anilines is 1. The fourth-order valence-electron chi connectivity index (χ4n) is 1.22. The van der Waals surface area contributed by atoms with Crippen molar-refractivity contribution in [1.29, 1.82) is 0 Å². The van der Waals surface area contributed by atoms with Crippen LogP contribution < -0.4 is 11.1 Å². The first-order valence-corrected chi connectivity index (χ1v) is 4.92. The smallest absolute Gasteiger partial charge is 0.246 e. The number of carbonyl (C=O) groups excluding carboxylic acids is 1. The van der Waals surface area contributed by atoms with E-state index in [1.807, 2.05) is 0 Å². The van der Waals surface area contributed by atoms with Crippen molar-refractivity contribution in [2.75, 3.05) is 5.32 Å². The molecule has 0 aliphatic heterocycles. The van der Waals surface area contributed by atoms with E-state index in [0.29, 0.717) is 17.9 Å². The molecule has 0 radical (unpaired) electrons. The summed E-state index contributed by atoms with van der Waals surface area (Å²) < 4.78 is 1.42. The Labute approximate surface area is 96.9 Å². The Balaban J connectivity index is 1.93. The molecular formula is C9H11N7O. The first kappa shape index (κ1) is 11.1. The lowest BCUT2D eigenvalue weighted by molar-refractivity contribution is -0.116. The van der Waals surface area contributed by atoms with E-state index in [1.165, 1.54) is 23.4 Å². The highest BCUT2D eigenvalue weighted by atomic mass is 16.2. The van der Waals surface area contributed by atoms with Crippen molar-refractivity contribution in [1.82, 2.24) is 25.0 Å². The Morgan fingerprint density at radius 3 is 2.82 bits per heavy atom. The van der Waals surface area contributed by atoms with Gasteiger partial charge in [0, 0.05) is 6.54 Å². The van der Waals surface area contributed by atoms with Crippen molar-refractivity contribution in [2.24, 2.45) is 5.73 Å². The molecule has 0 fully saturated rings. The van der Waals surface area contributed by atoms with E-state index in [-0.39, 0.29) is 12.5 Å². The number of rotatable bonds is 4. The predicted octanol–water partition coefficient (Wildman–Crippen LogP) is -0.835. The van der Waals surface area contributed by atoms with Crippen molar-refractivity contribution in [3.63, 3.8) is 0 Å². The van der Waals surface area contributed by atoms with Gasteiger partial charge in [0.25, 0.3) is 0 Å². The van der Waals surface area contributed by atoms with Crippen molar-refractivity contribution < 1.29 is 4.79 Å². The molecule has 0 atom stereocenters. The predicted molar refractivity (Wildman–Crippen MR) is 58.6 cm³/mol. The van der Waals surface area contributed by atoms with Gasteiger partial charge in [-0.05, 0) is 0 Å². The summed E-state index contributed by atoms with van der Waals surface area (Å²) in [6.45, 7) is 0.371. The number of nitrogens with one attached hydrogen (secondary N) is 1. The van der Waals surface area contributed by atoms with Crippen LogP contribution in [0, 0.1) is 0 Å². The Kier molecular flexibility index (Phi) is 3.36. The Bertz CT molecular complexity index is 495. The summed E-state index contributed by atoms with van der Waals surface area (Å²) >= 11 is 0. The van der Waals surface area contributed by atoms with Crippen LogP contribution in [-0.2, 0) is 17.9 Å². The van der Waals surface area contributed by atoms with Gasteiger partial charge < -0.3 is 11.1 Å². The number of nitrogens with two attached hydrogens (primary N) is 1. The largest absolute Gasteiger partial charge is 0.325 e. The van der Waals surface area contributed by atoms with Crippen LogP contribution >= 0.6 is 0 Å². The molecule has 8 heteroatoms. The van der Waals surface area contributed by atoms with Crippen molar-refractivity contribution in [2.45, 2.75) is 13.1 Å². The second kappa shape index (κ2) is 5.12. The van der Waals surface area contributed by atoms with Crippen LogP contribution in [0.4, 0.5) is 5.69 Å². The molecule has 2 rings (SSSR count). The molecule has 0 aromatic carbocycles. The van der Waals surface area contributed by atoms with Crippen LogP contribution in [0.5, 0.6) is 0 Å². The van der Waals surface area contributed by atoms with Gasteiger partial charge in [0.2, 0.25) is 5.91 Å². The van der Waals surface area contributed by atoms with Gasteiger partial charge in [0.15, 0.2) is 0 Å². The fraction of sp³-hybridized carbons (Fsp3) is 0.222. The minimum atomic E-state index is -0.228.